The number of nitrogens with zero attached hydrogens (tertiary/aromatic N) is 4. The predicted molar refractivity (Wildman–Crippen MR) is 91.3 cm³/mol. The molecule has 0 aliphatic carbocycles. The van der Waals surface area contributed by atoms with Gasteiger partial charge in [0.25, 0.3) is 0 Å². The second-order valence-corrected chi connectivity index (χ2v) is 6.24. The molecule has 2 aliphatic heterocycles. The first-order chi connectivity index (χ1) is 12.2. The Kier molecular flexibility index (Phi) is 4.23. The Morgan fingerprint density at radius 3 is 2.68 bits per heavy atom. The summed E-state index contributed by atoms with van der Waals surface area (Å²) in [6.07, 6.45) is 3.44. The molecule has 4 rings (SSSR count). The van der Waals surface area contributed by atoms with Crippen LogP contribution in [0.5, 0.6) is 5.75 Å². The maximum atomic E-state index is 12.4. The number of methoxy groups -OCH3 is 1. The van der Waals surface area contributed by atoms with Gasteiger partial charge in [-0.2, -0.15) is 0 Å². The van der Waals surface area contributed by atoms with Crippen molar-refractivity contribution in [2.45, 2.75) is 18.7 Å². The largest absolute Gasteiger partial charge is 0.497 e. The van der Waals surface area contributed by atoms with Crippen molar-refractivity contribution in [2.24, 2.45) is 0 Å². The van der Waals surface area contributed by atoms with E-state index < -0.39 is 0 Å². The van der Waals surface area contributed by atoms with E-state index in [0.29, 0.717) is 25.6 Å². The van der Waals surface area contributed by atoms with E-state index in [-0.39, 0.29) is 24.7 Å². The van der Waals surface area contributed by atoms with Crippen LogP contribution in [0.2, 0.25) is 0 Å². The van der Waals surface area contributed by atoms with Crippen LogP contribution in [0.4, 0.5) is 5.95 Å². The fraction of sp³-hybridized carbons (Fsp3) is 0.389. The van der Waals surface area contributed by atoms with Crippen molar-refractivity contribution < 1.29 is 14.3 Å². The average Bonchev–Trinajstić information content (AvgIpc) is 3.10. The van der Waals surface area contributed by atoms with E-state index in [4.69, 9.17) is 9.47 Å². The molecule has 2 atom stereocenters. The topological polar surface area (TPSA) is 67.8 Å². The summed E-state index contributed by atoms with van der Waals surface area (Å²) >= 11 is 0. The lowest BCUT2D eigenvalue weighted by Crippen LogP contribution is -2.53. The second kappa shape index (κ2) is 6.68. The zero-order chi connectivity index (χ0) is 17.2. The number of rotatable bonds is 4. The quantitative estimate of drug-likeness (QED) is 0.830. The van der Waals surface area contributed by atoms with Crippen LogP contribution in [0.1, 0.15) is 5.56 Å². The van der Waals surface area contributed by atoms with Gasteiger partial charge in [0.15, 0.2) is 0 Å². The lowest BCUT2D eigenvalue weighted by Gasteiger charge is -2.36. The Morgan fingerprint density at radius 1 is 1.20 bits per heavy atom. The summed E-state index contributed by atoms with van der Waals surface area (Å²) in [5, 5.41) is 0. The molecule has 1 amide bonds. The number of amides is 1. The van der Waals surface area contributed by atoms with Gasteiger partial charge in [-0.15, -0.1) is 0 Å². The molecule has 2 aromatic rings. The number of anilines is 1. The molecule has 0 unspecified atom stereocenters. The first-order valence-corrected chi connectivity index (χ1v) is 8.30. The molecule has 2 fully saturated rings. The number of hydrogen-bond acceptors (Lipinski definition) is 6. The minimum Gasteiger partial charge on any atom is -0.497 e. The summed E-state index contributed by atoms with van der Waals surface area (Å²) in [5.41, 5.74) is 1.07. The summed E-state index contributed by atoms with van der Waals surface area (Å²) in [4.78, 5) is 25.0. The third-order valence-electron chi connectivity index (χ3n) is 4.73. The van der Waals surface area contributed by atoms with E-state index in [9.17, 15) is 4.79 Å². The number of carbonyl (C=O) groups is 1. The first-order valence-electron chi connectivity index (χ1n) is 8.30. The van der Waals surface area contributed by atoms with Gasteiger partial charge in [-0.05, 0) is 23.8 Å². The van der Waals surface area contributed by atoms with Crippen molar-refractivity contribution in [3.05, 3.63) is 48.3 Å². The molecule has 0 spiro atoms. The molecular weight excluding hydrogens is 320 g/mol. The summed E-state index contributed by atoms with van der Waals surface area (Å²) in [6.45, 7) is 2.06. The molecule has 3 heterocycles. The van der Waals surface area contributed by atoms with Gasteiger partial charge >= 0.3 is 0 Å². The molecule has 1 aromatic carbocycles. The molecule has 0 radical (unpaired) electrons. The molecule has 0 bridgehead atoms. The van der Waals surface area contributed by atoms with E-state index in [0.717, 1.165) is 11.3 Å². The number of fused-ring (bicyclic) bond motifs is 1. The summed E-state index contributed by atoms with van der Waals surface area (Å²) < 4.78 is 11.0. The molecule has 0 N–H and O–H groups in total. The lowest BCUT2D eigenvalue weighted by atomic mass is 10.1. The fourth-order valence-corrected chi connectivity index (χ4v) is 3.42. The summed E-state index contributed by atoms with van der Waals surface area (Å²) in [7, 11) is 1.64. The smallest absolute Gasteiger partial charge is 0.249 e. The zero-order valence-corrected chi connectivity index (χ0v) is 14.0. The van der Waals surface area contributed by atoms with Gasteiger partial charge in [0.05, 0.1) is 19.3 Å². The maximum Gasteiger partial charge on any atom is 0.249 e. The van der Waals surface area contributed by atoms with Crippen LogP contribution in [-0.2, 0) is 16.1 Å². The standard InChI is InChI=1S/C18H20N4O3/c1-24-14-5-3-13(4-6-14)9-22-15-10-21(18-19-7-2-8-20-18)11-16(15)25-12-17(22)23/h2-8,15-16H,9-12H2,1H3/t15-,16+/m1/s1. The third-order valence-corrected chi connectivity index (χ3v) is 4.73. The van der Waals surface area contributed by atoms with Crippen molar-refractivity contribution in [3.63, 3.8) is 0 Å². The van der Waals surface area contributed by atoms with Gasteiger partial charge in [-0.3, -0.25) is 4.79 Å². The number of carbonyl (C=O) groups excluding carboxylic acids is 1. The Hall–Kier alpha value is -2.67. The van der Waals surface area contributed by atoms with E-state index in [2.05, 4.69) is 14.9 Å². The van der Waals surface area contributed by atoms with Gasteiger partial charge in [-0.1, -0.05) is 12.1 Å². The second-order valence-electron chi connectivity index (χ2n) is 6.24. The maximum absolute atomic E-state index is 12.4. The SMILES string of the molecule is COc1ccc(CN2C(=O)CO[C@H]3CN(c4ncccn4)C[C@H]32)cc1. The van der Waals surface area contributed by atoms with Crippen LogP contribution in [0, 0.1) is 0 Å². The normalized spacial score (nSPS) is 22.8. The number of aromatic nitrogens is 2. The third kappa shape index (κ3) is 3.15. The molecule has 25 heavy (non-hydrogen) atoms. The highest BCUT2D eigenvalue weighted by Crippen LogP contribution is 2.27. The van der Waals surface area contributed by atoms with Crippen LogP contribution in [-0.4, -0.2) is 59.7 Å². The summed E-state index contributed by atoms with van der Waals surface area (Å²) in [5.74, 6) is 1.51. The van der Waals surface area contributed by atoms with Crippen molar-refractivity contribution in [3.8, 4) is 5.75 Å². The lowest BCUT2D eigenvalue weighted by molar-refractivity contribution is -0.153. The Balaban J connectivity index is 1.51. The number of ether oxygens (including phenoxy) is 2. The highest BCUT2D eigenvalue weighted by molar-refractivity contribution is 5.79. The predicted octanol–water partition coefficient (Wildman–Crippen LogP) is 1.10. The minimum atomic E-state index is -0.0141. The molecule has 1 aromatic heterocycles. The highest BCUT2D eigenvalue weighted by atomic mass is 16.5. The van der Waals surface area contributed by atoms with Gasteiger partial charge in [0.1, 0.15) is 12.4 Å². The summed E-state index contributed by atoms with van der Waals surface area (Å²) in [6, 6.07) is 9.61. The zero-order valence-electron chi connectivity index (χ0n) is 14.0. The van der Waals surface area contributed by atoms with Gasteiger partial charge < -0.3 is 19.3 Å². The van der Waals surface area contributed by atoms with E-state index in [1.165, 1.54) is 0 Å². The number of benzene rings is 1. The van der Waals surface area contributed by atoms with E-state index in [1.807, 2.05) is 29.2 Å². The monoisotopic (exact) mass is 340 g/mol. The van der Waals surface area contributed by atoms with Gasteiger partial charge in [0.2, 0.25) is 11.9 Å². The number of morpholine rings is 1. The minimum absolute atomic E-state index is 0.00663. The first kappa shape index (κ1) is 15.8. The van der Waals surface area contributed by atoms with Crippen LogP contribution in [0.3, 0.4) is 0 Å². The Bertz CT molecular complexity index is 738. The Labute approximate surface area is 146 Å². The van der Waals surface area contributed by atoms with Crippen LogP contribution in [0.15, 0.2) is 42.7 Å². The average molecular weight is 340 g/mol. The van der Waals surface area contributed by atoms with Crippen molar-refractivity contribution in [2.75, 3.05) is 31.7 Å². The van der Waals surface area contributed by atoms with Crippen molar-refractivity contribution >= 4 is 11.9 Å². The van der Waals surface area contributed by atoms with Gasteiger partial charge in [0, 0.05) is 32.0 Å². The Morgan fingerprint density at radius 2 is 1.96 bits per heavy atom. The van der Waals surface area contributed by atoms with Crippen LogP contribution < -0.4 is 9.64 Å². The van der Waals surface area contributed by atoms with Gasteiger partial charge in [-0.25, -0.2) is 9.97 Å². The molecular formula is C18H20N4O3. The van der Waals surface area contributed by atoms with E-state index >= 15 is 0 Å². The molecule has 2 aliphatic rings. The molecule has 2 saturated heterocycles. The highest BCUT2D eigenvalue weighted by Gasteiger charge is 2.43. The van der Waals surface area contributed by atoms with Crippen LogP contribution in [0.25, 0.3) is 0 Å². The van der Waals surface area contributed by atoms with Crippen molar-refractivity contribution in [1.29, 1.82) is 0 Å². The van der Waals surface area contributed by atoms with E-state index in [1.54, 1.807) is 25.6 Å². The molecule has 7 nitrogen and oxygen atoms in total. The fourth-order valence-electron chi connectivity index (χ4n) is 3.42. The molecule has 7 heteroatoms. The van der Waals surface area contributed by atoms with Crippen LogP contribution >= 0.6 is 0 Å². The van der Waals surface area contributed by atoms with Crippen molar-refractivity contribution in [1.82, 2.24) is 14.9 Å². The molecule has 130 valence electrons. The number of hydrogen-bond donors (Lipinski definition) is 0. The molecule has 0 saturated carbocycles.